The van der Waals surface area contributed by atoms with Gasteiger partial charge < -0.3 is 19.3 Å². The predicted octanol–water partition coefficient (Wildman–Crippen LogP) is 1.16. The van der Waals surface area contributed by atoms with Gasteiger partial charge in [-0.15, -0.1) is 0 Å². The summed E-state index contributed by atoms with van der Waals surface area (Å²) in [4.78, 5) is 17.3. The number of aromatic nitrogens is 2. The summed E-state index contributed by atoms with van der Waals surface area (Å²) in [5, 5.41) is 0.835. The van der Waals surface area contributed by atoms with Crippen LogP contribution >= 0.6 is 0 Å². The van der Waals surface area contributed by atoms with Gasteiger partial charge in [0.15, 0.2) is 0 Å². The monoisotopic (exact) mass is 260 g/mol. The smallest absolute Gasteiger partial charge is 0.399 e. The Kier molecular flexibility index (Phi) is 2.46. The van der Waals surface area contributed by atoms with Crippen LogP contribution in [0, 0.1) is 0 Å². The predicted molar refractivity (Wildman–Crippen MR) is 74.6 cm³/mol. The van der Waals surface area contributed by atoms with E-state index in [2.05, 4.69) is 9.97 Å². The van der Waals surface area contributed by atoms with Gasteiger partial charge in [0.2, 0.25) is 0 Å². The molecule has 100 valence electrons. The van der Waals surface area contributed by atoms with Crippen molar-refractivity contribution < 1.29 is 9.31 Å². The van der Waals surface area contributed by atoms with E-state index in [1.165, 1.54) is 0 Å². The summed E-state index contributed by atoms with van der Waals surface area (Å²) in [6.07, 6.45) is 3.41. The summed E-state index contributed by atoms with van der Waals surface area (Å²) < 4.78 is 12.0. The second-order valence-corrected chi connectivity index (χ2v) is 5.93. The molecule has 0 unspecified atom stereocenters. The molecule has 1 aliphatic rings. The fraction of sp³-hybridized carbons (Fsp3) is 0.462. The number of rotatable bonds is 1. The van der Waals surface area contributed by atoms with Gasteiger partial charge in [0.25, 0.3) is 5.56 Å². The zero-order valence-corrected chi connectivity index (χ0v) is 11.5. The van der Waals surface area contributed by atoms with Crippen LogP contribution in [0.15, 0.2) is 23.3 Å². The molecule has 0 saturated carbocycles. The molecule has 1 aliphatic heterocycles. The number of pyridine rings is 1. The molecule has 19 heavy (non-hydrogen) atoms. The minimum atomic E-state index is -0.472. The van der Waals surface area contributed by atoms with Gasteiger partial charge in [-0.1, -0.05) is 0 Å². The summed E-state index contributed by atoms with van der Waals surface area (Å²) in [6.45, 7) is 8.03. The number of fused-ring (bicyclic) bond motifs is 1. The summed E-state index contributed by atoms with van der Waals surface area (Å²) in [7, 11) is -0.472. The summed E-state index contributed by atoms with van der Waals surface area (Å²) in [5.74, 6) is 0. The Morgan fingerprint density at radius 3 is 2.37 bits per heavy atom. The van der Waals surface area contributed by atoms with Gasteiger partial charge in [-0.05, 0) is 33.8 Å². The Hall–Kier alpha value is -1.53. The molecule has 2 aromatic heterocycles. The van der Waals surface area contributed by atoms with Gasteiger partial charge in [-0.25, -0.2) is 0 Å². The maximum absolute atomic E-state index is 11.7. The lowest BCUT2D eigenvalue weighted by atomic mass is 9.78. The number of hydrogen-bond acceptors (Lipinski definition) is 3. The molecule has 3 rings (SSSR count). The third-order valence-corrected chi connectivity index (χ3v) is 4.15. The number of hydrogen-bond donors (Lipinski definition) is 2. The van der Waals surface area contributed by atoms with E-state index < -0.39 is 18.3 Å². The fourth-order valence-electron chi connectivity index (χ4n) is 2.26. The summed E-state index contributed by atoms with van der Waals surface area (Å²) in [5.41, 5.74) is 0.467. The average Bonchev–Trinajstić information content (AvgIpc) is 2.84. The van der Waals surface area contributed by atoms with Crippen molar-refractivity contribution in [1.82, 2.24) is 9.97 Å². The highest BCUT2D eigenvalue weighted by atomic mass is 16.7. The molecular formula is C13H17BN2O3. The van der Waals surface area contributed by atoms with Gasteiger partial charge in [-0.2, -0.15) is 0 Å². The minimum Gasteiger partial charge on any atom is -0.399 e. The maximum Gasteiger partial charge on any atom is 0.497 e. The zero-order chi connectivity index (χ0) is 13.8. The van der Waals surface area contributed by atoms with Crippen molar-refractivity contribution in [1.29, 1.82) is 0 Å². The van der Waals surface area contributed by atoms with Crippen molar-refractivity contribution in [2.45, 2.75) is 38.9 Å². The molecule has 3 heterocycles. The van der Waals surface area contributed by atoms with Crippen LogP contribution in [0.4, 0.5) is 0 Å². The van der Waals surface area contributed by atoms with Gasteiger partial charge in [0.1, 0.15) is 5.52 Å². The Morgan fingerprint density at radius 1 is 1.11 bits per heavy atom. The van der Waals surface area contributed by atoms with Crippen LogP contribution in [-0.4, -0.2) is 28.3 Å². The third-order valence-electron chi connectivity index (χ3n) is 4.15. The lowest BCUT2D eigenvalue weighted by molar-refractivity contribution is 0.00578. The number of aromatic amines is 2. The molecule has 1 saturated heterocycles. The fourth-order valence-corrected chi connectivity index (χ4v) is 2.26. The summed E-state index contributed by atoms with van der Waals surface area (Å²) in [6, 6.07) is 1.87. The van der Waals surface area contributed by atoms with Crippen LogP contribution in [0.25, 0.3) is 10.9 Å². The largest absolute Gasteiger partial charge is 0.497 e. The van der Waals surface area contributed by atoms with Crippen LogP contribution in [0.1, 0.15) is 27.7 Å². The zero-order valence-electron chi connectivity index (χ0n) is 11.5. The third kappa shape index (κ3) is 1.75. The Bertz CT molecular complexity index is 670. The molecule has 0 atom stereocenters. The van der Waals surface area contributed by atoms with Crippen molar-refractivity contribution >= 4 is 23.5 Å². The molecular weight excluding hydrogens is 243 g/mol. The first-order chi connectivity index (χ1) is 8.82. The second kappa shape index (κ2) is 3.74. The van der Waals surface area contributed by atoms with Crippen molar-refractivity contribution in [2.75, 3.05) is 0 Å². The first-order valence-corrected chi connectivity index (χ1v) is 6.36. The molecule has 0 aromatic carbocycles. The lowest BCUT2D eigenvalue weighted by Crippen LogP contribution is -2.41. The number of H-pyrrole nitrogens is 2. The molecule has 0 spiro atoms. The molecule has 0 bridgehead atoms. The van der Waals surface area contributed by atoms with Crippen LogP contribution in [-0.2, 0) is 9.31 Å². The molecule has 0 amide bonds. The maximum atomic E-state index is 11.7. The SMILES string of the molecule is CC1(C)OB(c2c[nH]c(=O)c3[nH]ccc23)OC1(C)C. The van der Waals surface area contributed by atoms with E-state index in [1.807, 2.05) is 33.8 Å². The van der Waals surface area contributed by atoms with Crippen LogP contribution in [0.3, 0.4) is 0 Å². The molecule has 2 aromatic rings. The Morgan fingerprint density at radius 2 is 1.74 bits per heavy atom. The standard InChI is InChI=1S/C13H17BN2O3/c1-12(2)13(3,4)19-14(18-12)9-7-16-11(17)10-8(9)5-6-15-10/h5-7,15H,1-4H3,(H,16,17). The average molecular weight is 260 g/mol. The van der Waals surface area contributed by atoms with Gasteiger partial charge in [0.05, 0.1) is 11.2 Å². The van der Waals surface area contributed by atoms with E-state index in [0.29, 0.717) is 5.52 Å². The van der Waals surface area contributed by atoms with Crippen molar-refractivity contribution in [3.05, 3.63) is 28.8 Å². The van der Waals surface area contributed by atoms with Crippen LogP contribution in [0.5, 0.6) is 0 Å². The lowest BCUT2D eigenvalue weighted by Gasteiger charge is -2.32. The highest BCUT2D eigenvalue weighted by molar-refractivity contribution is 6.65. The van der Waals surface area contributed by atoms with Crippen molar-refractivity contribution in [3.63, 3.8) is 0 Å². The van der Waals surface area contributed by atoms with Crippen molar-refractivity contribution in [2.24, 2.45) is 0 Å². The van der Waals surface area contributed by atoms with E-state index in [9.17, 15) is 4.79 Å². The van der Waals surface area contributed by atoms with E-state index in [1.54, 1.807) is 12.4 Å². The number of nitrogens with one attached hydrogen (secondary N) is 2. The van der Waals surface area contributed by atoms with Gasteiger partial charge in [-0.3, -0.25) is 4.79 Å². The molecule has 5 nitrogen and oxygen atoms in total. The van der Waals surface area contributed by atoms with E-state index in [0.717, 1.165) is 10.8 Å². The van der Waals surface area contributed by atoms with Crippen molar-refractivity contribution in [3.8, 4) is 0 Å². The van der Waals surface area contributed by atoms with Crippen LogP contribution in [0.2, 0.25) is 0 Å². The first kappa shape index (κ1) is 12.5. The first-order valence-electron chi connectivity index (χ1n) is 6.36. The second-order valence-electron chi connectivity index (χ2n) is 5.93. The van der Waals surface area contributed by atoms with Crippen LogP contribution < -0.4 is 11.0 Å². The molecule has 1 fully saturated rings. The Balaban J connectivity index is 2.10. The Labute approximate surface area is 111 Å². The molecule has 0 aliphatic carbocycles. The van der Waals surface area contributed by atoms with Gasteiger partial charge >= 0.3 is 7.12 Å². The quantitative estimate of drug-likeness (QED) is 0.756. The molecule has 0 radical (unpaired) electrons. The summed E-state index contributed by atoms with van der Waals surface area (Å²) >= 11 is 0. The normalized spacial score (nSPS) is 21.2. The van der Waals surface area contributed by atoms with E-state index in [-0.39, 0.29) is 5.56 Å². The molecule has 6 heteroatoms. The topological polar surface area (TPSA) is 67.1 Å². The minimum absolute atomic E-state index is 0.139. The van der Waals surface area contributed by atoms with E-state index in [4.69, 9.17) is 9.31 Å². The highest BCUT2D eigenvalue weighted by Gasteiger charge is 2.52. The van der Waals surface area contributed by atoms with E-state index >= 15 is 0 Å². The van der Waals surface area contributed by atoms with Gasteiger partial charge in [0, 0.05) is 23.2 Å². The highest BCUT2D eigenvalue weighted by Crippen LogP contribution is 2.36. The molecule has 2 N–H and O–H groups in total.